The lowest BCUT2D eigenvalue weighted by Crippen LogP contribution is -2.23. The van der Waals surface area contributed by atoms with Gasteiger partial charge in [0.2, 0.25) is 15.9 Å². The summed E-state index contributed by atoms with van der Waals surface area (Å²) in [6.45, 7) is 3.49. The Morgan fingerprint density at radius 2 is 2.10 bits per heavy atom. The number of nitrogens with zero attached hydrogens (tertiary/aromatic N) is 1. The fraction of sp³-hybridized carbons (Fsp3) is 0.250. The number of aromatic nitrogens is 1. The summed E-state index contributed by atoms with van der Waals surface area (Å²) < 4.78 is 32.0. The molecule has 0 aliphatic heterocycles. The van der Waals surface area contributed by atoms with Gasteiger partial charge in [0.15, 0.2) is 0 Å². The van der Waals surface area contributed by atoms with Crippen LogP contribution in [0.1, 0.15) is 17.3 Å². The number of hydrogen-bond acceptors (Lipinski definition) is 5. The Morgan fingerprint density at radius 1 is 1.40 bits per heavy atom. The van der Waals surface area contributed by atoms with Gasteiger partial charge in [-0.3, -0.25) is 0 Å². The maximum Gasteiger partial charge on any atom is 0.242 e. The van der Waals surface area contributed by atoms with Gasteiger partial charge in [-0.2, -0.15) is 0 Å². The molecule has 0 atom stereocenters. The average molecular weight is 316 g/mol. The molecule has 6 nitrogen and oxygen atoms in total. The van der Waals surface area contributed by atoms with Crippen molar-refractivity contribution >= 4 is 27.3 Å². The highest BCUT2D eigenvalue weighted by Gasteiger charge is 2.19. The highest BCUT2D eigenvalue weighted by molar-refractivity contribution is 7.89. The van der Waals surface area contributed by atoms with E-state index in [0.29, 0.717) is 17.3 Å². The van der Waals surface area contributed by atoms with Gasteiger partial charge in [0.25, 0.3) is 0 Å². The summed E-state index contributed by atoms with van der Waals surface area (Å²) >= 11 is 5.88. The van der Waals surface area contributed by atoms with Gasteiger partial charge in [0.1, 0.15) is 10.7 Å². The molecule has 1 aromatic carbocycles. The van der Waals surface area contributed by atoms with Gasteiger partial charge in [-0.15, -0.1) is 0 Å². The zero-order valence-electron chi connectivity index (χ0n) is 11.0. The Bertz CT molecular complexity index is 721. The van der Waals surface area contributed by atoms with E-state index in [1.165, 1.54) is 18.2 Å². The molecule has 0 bridgehead atoms. The summed E-state index contributed by atoms with van der Waals surface area (Å²) in [5, 5.41) is 0.103. The first-order valence-electron chi connectivity index (χ1n) is 5.77. The van der Waals surface area contributed by atoms with Crippen molar-refractivity contribution in [1.82, 2.24) is 9.71 Å². The number of aryl methyl sites for hydroxylation is 2. The molecule has 0 aliphatic rings. The highest BCUT2D eigenvalue weighted by atomic mass is 35.5. The fourth-order valence-electron chi connectivity index (χ4n) is 1.58. The number of nitrogens with two attached hydrogens (primary N) is 1. The SMILES string of the molecule is Cc1nc(CNS(=O)(=O)c2cc(N)ccc2Cl)oc1C. The largest absolute Gasteiger partial charge is 0.444 e. The first-order valence-corrected chi connectivity index (χ1v) is 7.63. The Hall–Kier alpha value is -1.57. The van der Waals surface area contributed by atoms with Crippen LogP contribution in [0, 0.1) is 13.8 Å². The van der Waals surface area contributed by atoms with Crippen molar-refractivity contribution < 1.29 is 12.8 Å². The van der Waals surface area contributed by atoms with Crippen molar-refractivity contribution in [3.05, 3.63) is 40.6 Å². The van der Waals surface area contributed by atoms with Crippen LogP contribution in [0.15, 0.2) is 27.5 Å². The van der Waals surface area contributed by atoms with Crippen LogP contribution in [0.25, 0.3) is 0 Å². The maximum atomic E-state index is 12.1. The molecule has 1 heterocycles. The molecule has 0 unspecified atom stereocenters. The normalized spacial score (nSPS) is 11.8. The lowest BCUT2D eigenvalue weighted by Gasteiger charge is -2.07. The zero-order valence-corrected chi connectivity index (χ0v) is 12.5. The molecule has 108 valence electrons. The number of anilines is 1. The number of hydrogen-bond donors (Lipinski definition) is 2. The molecule has 0 radical (unpaired) electrons. The van der Waals surface area contributed by atoms with Crippen molar-refractivity contribution in [2.24, 2.45) is 0 Å². The Morgan fingerprint density at radius 3 is 2.70 bits per heavy atom. The molecule has 1 aromatic heterocycles. The van der Waals surface area contributed by atoms with Crippen LogP contribution < -0.4 is 10.5 Å². The number of rotatable bonds is 4. The zero-order chi connectivity index (χ0) is 14.9. The van der Waals surface area contributed by atoms with Gasteiger partial charge in [-0.25, -0.2) is 18.1 Å². The first-order chi connectivity index (χ1) is 9.29. The van der Waals surface area contributed by atoms with Crippen LogP contribution in [0.2, 0.25) is 5.02 Å². The quantitative estimate of drug-likeness (QED) is 0.841. The van der Waals surface area contributed by atoms with Crippen molar-refractivity contribution in [3.63, 3.8) is 0 Å². The third-order valence-electron chi connectivity index (χ3n) is 2.73. The van der Waals surface area contributed by atoms with Crippen LogP contribution in [0.4, 0.5) is 5.69 Å². The molecule has 3 N–H and O–H groups in total. The van der Waals surface area contributed by atoms with Crippen LogP contribution in [-0.2, 0) is 16.6 Å². The molecule has 20 heavy (non-hydrogen) atoms. The van der Waals surface area contributed by atoms with Crippen LogP contribution in [0.5, 0.6) is 0 Å². The molecular formula is C12H14ClN3O3S. The molecule has 0 amide bonds. The van der Waals surface area contributed by atoms with Crippen molar-refractivity contribution in [1.29, 1.82) is 0 Å². The predicted octanol–water partition coefficient (Wildman–Crippen LogP) is 2.01. The maximum absolute atomic E-state index is 12.1. The number of oxazole rings is 1. The molecule has 0 saturated heterocycles. The third-order valence-corrected chi connectivity index (χ3v) is 4.61. The summed E-state index contributed by atoms with van der Waals surface area (Å²) in [5.41, 5.74) is 6.61. The number of nitrogen functional groups attached to an aromatic ring is 1. The lowest BCUT2D eigenvalue weighted by molar-refractivity contribution is 0.463. The summed E-state index contributed by atoms with van der Waals surface area (Å²) in [7, 11) is -3.78. The van der Waals surface area contributed by atoms with E-state index in [-0.39, 0.29) is 16.5 Å². The van der Waals surface area contributed by atoms with Crippen molar-refractivity contribution in [3.8, 4) is 0 Å². The van der Waals surface area contributed by atoms with E-state index in [0.717, 1.165) is 5.69 Å². The second-order valence-corrected chi connectivity index (χ2v) is 6.41. The molecule has 0 aliphatic carbocycles. The van der Waals surface area contributed by atoms with Crippen LogP contribution in [-0.4, -0.2) is 13.4 Å². The van der Waals surface area contributed by atoms with E-state index in [4.69, 9.17) is 21.8 Å². The predicted molar refractivity (Wildman–Crippen MR) is 75.9 cm³/mol. The minimum atomic E-state index is -3.78. The molecule has 8 heteroatoms. The lowest BCUT2D eigenvalue weighted by atomic mass is 10.3. The van der Waals surface area contributed by atoms with E-state index < -0.39 is 10.0 Å². The third kappa shape index (κ3) is 3.12. The van der Waals surface area contributed by atoms with Gasteiger partial charge in [-0.1, -0.05) is 11.6 Å². The minimum Gasteiger partial charge on any atom is -0.444 e. The van der Waals surface area contributed by atoms with E-state index >= 15 is 0 Å². The van der Waals surface area contributed by atoms with Crippen LogP contribution >= 0.6 is 11.6 Å². The standard InChI is InChI=1S/C12H14ClN3O3S/c1-7-8(2)19-12(16-7)6-15-20(17,18)11-5-9(14)3-4-10(11)13/h3-5,15H,6,14H2,1-2H3. The second-order valence-electron chi connectivity index (χ2n) is 4.26. The molecule has 2 aromatic rings. The summed E-state index contributed by atoms with van der Waals surface area (Å²) in [4.78, 5) is 4.03. The molecular weight excluding hydrogens is 302 g/mol. The van der Waals surface area contributed by atoms with Gasteiger partial charge in [0.05, 0.1) is 17.3 Å². The minimum absolute atomic E-state index is 0.0534. The average Bonchev–Trinajstić information content (AvgIpc) is 2.69. The number of halogens is 1. The summed E-state index contributed by atoms with van der Waals surface area (Å²) in [6.07, 6.45) is 0. The van der Waals surface area contributed by atoms with Crippen molar-refractivity contribution in [2.75, 3.05) is 5.73 Å². The van der Waals surface area contributed by atoms with E-state index in [9.17, 15) is 8.42 Å². The van der Waals surface area contributed by atoms with Crippen LogP contribution in [0.3, 0.4) is 0 Å². The smallest absolute Gasteiger partial charge is 0.242 e. The Labute approximate surface area is 122 Å². The summed E-state index contributed by atoms with van der Waals surface area (Å²) in [5.74, 6) is 0.949. The number of benzene rings is 1. The van der Waals surface area contributed by atoms with Crippen molar-refractivity contribution in [2.45, 2.75) is 25.3 Å². The number of nitrogens with one attached hydrogen (secondary N) is 1. The molecule has 2 rings (SSSR count). The first kappa shape index (κ1) is 14.8. The summed E-state index contributed by atoms with van der Waals surface area (Å²) in [6, 6.07) is 4.27. The second kappa shape index (κ2) is 5.43. The molecule has 0 spiro atoms. The Kier molecular flexibility index (Phi) is 4.03. The van der Waals surface area contributed by atoms with E-state index in [1.54, 1.807) is 13.8 Å². The monoisotopic (exact) mass is 315 g/mol. The van der Waals surface area contributed by atoms with Gasteiger partial charge >= 0.3 is 0 Å². The topological polar surface area (TPSA) is 98.2 Å². The van der Waals surface area contributed by atoms with Gasteiger partial charge in [0, 0.05) is 5.69 Å². The van der Waals surface area contributed by atoms with Gasteiger partial charge < -0.3 is 10.2 Å². The number of sulfonamides is 1. The molecule has 0 saturated carbocycles. The fourth-order valence-corrected chi connectivity index (χ4v) is 3.08. The Balaban J connectivity index is 2.21. The molecule has 0 fully saturated rings. The van der Waals surface area contributed by atoms with E-state index in [1.807, 2.05) is 0 Å². The van der Waals surface area contributed by atoms with Gasteiger partial charge in [-0.05, 0) is 32.0 Å². The van der Waals surface area contributed by atoms with E-state index in [2.05, 4.69) is 9.71 Å². The highest BCUT2D eigenvalue weighted by Crippen LogP contribution is 2.23.